The topological polar surface area (TPSA) is 72.5 Å². The Balaban J connectivity index is 2.10. The van der Waals surface area contributed by atoms with Gasteiger partial charge in [-0.25, -0.2) is 0 Å². The number of benzene rings is 1. The van der Waals surface area contributed by atoms with Gasteiger partial charge in [-0.2, -0.15) is 0 Å². The average molecular weight is 245 g/mol. The van der Waals surface area contributed by atoms with Gasteiger partial charge in [-0.3, -0.25) is 19.7 Å². The lowest BCUT2D eigenvalue weighted by atomic mass is 9.57. The highest BCUT2D eigenvalue weighted by molar-refractivity contribution is 6.28. The molecule has 0 radical (unpaired) electrons. The smallest absolute Gasteiger partial charge is 0.245 e. The van der Waals surface area contributed by atoms with Crippen molar-refractivity contribution in [3.8, 4) is 5.75 Å². The molecule has 2 amide bonds. The van der Waals surface area contributed by atoms with Gasteiger partial charge in [-0.15, -0.1) is 0 Å². The molecule has 2 fully saturated rings. The summed E-state index contributed by atoms with van der Waals surface area (Å²) in [7, 11) is 1.54. The van der Waals surface area contributed by atoms with E-state index in [-0.39, 0.29) is 18.1 Å². The minimum absolute atomic E-state index is 0.142. The highest BCUT2D eigenvalue weighted by atomic mass is 16.5. The van der Waals surface area contributed by atoms with Crippen molar-refractivity contribution in [1.29, 1.82) is 0 Å². The quantitative estimate of drug-likeness (QED) is 0.596. The number of imide groups is 1. The van der Waals surface area contributed by atoms with Gasteiger partial charge < -0.3 is 4.74 Å². The van der Waals surface area contributed by atoms with Gasteiger partial charge in [0.25, 0.3) is 0 Å². The van der Waals surface area contributed by atoms with Crippen LogP contribution < -0.4 is 10.1 Å². The van der Waals surface area contributed by atoms with E-state index < -0.39 is 17.2 Å². The maximum Gasteiger partial charge on any atom is 0.245 e. The third-order valence-electron chi connectivity index (χ3n) is 3.81. The van der Waals surface area contributed by atoms with E-state index in [2.05, 4.69) is 5.32 Å². The molecule has 0 spiro atoms. The zero-order valence-electron chi connectivity index (χ0n) is 9.73. The van der Waals surface area contributed by atoms with Crippen LogP contribution in [0.2, 0.25) is 0 Å². The zero-order chi connectivity index (χ0) is 12.9. The van der Waals surface area contributed by atoms with E-state index in [0.29, 0.717) is 11.3 Å². The minimum Gasteiger partial charge on any atom is -0.497 e. The molecule has 0 bridgehead atoms. The SMILES string of the molecule is COc1ccc(C23C(=O)CC2C(=O)NC3=O)cc1. The molecule has 5 heteroatoms. The van der Waals surface area contributed by atoms with Crippen molar-refractivity contribution >= 4 is 17.6 Å². The zero-order valence-corrected chi connectivity index (χ0v) is 9.73. The Kier molecular flexibility index (Phi) is 2.08. The van der Waals surface area contributed by atoms with Crippen molar-refractivity contribution in [1.82, 2.24) is 5.32 Å². The Bertz CT molecular complexity index is 563. The fraction of sp³-hybridized carbons (Fsp3) is 0.308. The van der Waals surface area contributed by atoms with Crippen molar-refractivity contribution in [2.45, 2.75) is 11.8 Å². The lowest BCUT2D eigenvalue weighted by Crippen LogP contribution is -2.56. The molecule has 92 valence electrons. The average Bonchev–Trinajstić information content (AvgIpc) is 2.56. The van der Waals surface area contributed by atoms with Crippen molar-refractivity contribution in [2.24, 2.45) is 5.92 Å². The van der Waals surface area contributed by atoms with Crippen LogP contribution in [0.25, 0.3) is 0 Å². The van der Waals surface area contributed by atoms with Gasteiger partial charge >= 0.3 is 0 Å². The van der Waals surface area contributed by atoms with Gasteiger partial charge in [0, 0.05) is 6.42 Å². The second kappa shape index (κ2) is 3.41. The summed E-state index contributed by atoms with van der Waals surface area (Å²) in [6, 6.07) is 6.70. The molecule has 1 heterocycles. The maximum absolute atomic E-state index is 11.9. The number of hydrogen-bond donors (Lipinski definition) is 1. The number of hydrogen-bond acceptors (Lipinski definition) is 4. The molecule has 1 saturated heterocycles. The normalized spacial score (nSPS) is 29.6. The van der Waals surface area contributed by atoms with Gasteiger partial charge in [0.15, 0.2) is 5.78 Å². The summed E-state index contributed by atoms with van der Waals surface area (Å²) >= 11 is 0. The van der Waals surface area contributed by atoms with Crippen molar-refractivity contribution in [3.05, 3.63) is 29.8 Å². The third kappa shape index (κ3) is 1.08. The summed E-state index contributed by atoms with van der Waals surface area (Å²) in [5, 5.41) is 2.25. The molecule has 1 aliphatic heterocycles. The van der Waals surface area contributed by atoms with Crippen LogP contribution in [-0.2, 0) is 19.8 Å². The van der Waals surface area contributed by atoms with Crippen LogP contribution in [0, 0.1) is 5.92 Å². The van der Waals surface area contributed by atoms with E-state index in [1.165, 1.54) is 7.11 Å². The number of amides is 2. The largest absolute Gasteiger partial charge is 0.497 e. The number of ether oxygens (including phenoxy) is 1. The lowest BCUT2D eigenvalue weighted by molar-refractivity contribution is -0.146. The summed E-state index contributed by atoms with van der Waals surface area (Å²) in [6.07, 6.45) is 0.142. The third-order valence-corrected chi connectivity index (χ3v) is 3.81. The summed E-state index contributed by atoms with van der Waals surface area (Å²) in [6.45, 7) is 0. The molecule has 1 aromatic carbocycles. The van der Waals surface area contributed by atoms with Crippen LogP contribution in [0.4, 0.5) is 0 Å². The number of carbonyl (C=O) groups is 3. The molecule has 2 atom stereocenters. The highest BCUT2D eigenvalue weighted by Gasteiger charge is 2.68. The molecule has 2 unspecified atom stereocenters. The highest BCUT2D eigenvalue weighted by Crippen LogP contribution is 2.49. The van der Waals surface area contributed by atoms with Crippen LogP contribution >= 0.6 is 0 Å². The minimum atomic E-state index is -1.29. The van der Waals surface area contributed by atoms with Gasteiger partial charge in [-0.1, -0.05) is 12.1 Å². The second-order valence-electron chi connectivity index (χ2n) is 4.53. The number of Topliss-reactive ketones (excluding diaryl/α,β-unsaturated/α-hetero) is 1. The predicted molar refractivity (Wildman–Crippen MR) is 60.9 cm³/mol. The van der Waals surface area contributed by atoms with Gasteiger partial charge in [0.2, 0.25) is 11.8 Å². The molecule has 2 aliphatic rings. The molecule has 0 aromatic heterocycles. The van der Waals surface area contributed by atoms with Crippen LogP contribution in [-0.4, -0.2) is 24.7 Å². The Labute approximate surface area is 103 Å². The summed E-state index contributed by atoms with van der Waals surface area (Å²) in [5.74, 6) is -0.954. The lowest BCUT2D eigenvalue weighted by Gasteiger charge is -2.38. The number of fused-ring (bicyclic) bond motifs is 1. The van der Waals surface area contributed by atoms with Crippen LogP contribution in [0.15, 0.2) is 24.3 Å². The summed E-state index contributed by atoms with van der Waals surface area (Å²) in [4.78, 5) is 35.4. The number of rotatable bonds is 2. The molecule has 1 aliphatic carbocycles. The molecule has 3 rings (SSSR count). The van der Waals surface area contributed by atoms with Crippen molar-refractivity contribution < 1.29 is 19.1 Å². The summed E-state index contributed by atoms with van der Waals surface area (Å²) in [5.41, 5.74) is -0.725. The van der Waals surface area contributed by atoms with E-state index in [0.717, 1.165) is 0 Å². The molecule has 1 N–H and O–H groups in total. The molecular formula is C13H11NO4. The second-order valence-corrected chi connectivity index (χ2v) is 4.53. The molecule has 5 nitrogen and oxygen atoms in total. The first kappa shape index (κ1) is 11.0. The van der Waals surface area contributed by atoms with Crippen molar-refractivity contribution in [2.75, 3.05) is 7.11 Å². The van der Waals surface area contributed by atoms with E-state index >= 15 is 0 Å². The van der Waals surface area contributed by atoms with Crippen LogP contribution in [0.5, 0.6) is 5.75 Å². The molecule has 1 saturated carbocycles. The predicted octanol–water partition coefficient (Wildman–Crippen LogP) is 0.178. The first-order valence-corrected chi connectivity index (χ1v) is 5.64. The molecule has 18 heavy (non-hydrogen) atoms. The number of methoxy groups -OCH3 is 1. The Morgan fingerprint density at radius 2 is 1.89 bits per heavy atom. The summed E-state index contributed by atoms with van der Waals surface area (Å²) < 4.78 is 5.03. The fourth-order valence-corrected chi connectivity index (χ4v) is 2.78. The standard InChI is InChI=1S/C13H11NO4/c1-18-8-4-2-7(3-5-8)13-9(6-10(13)15)11(16)14-12(13)17/h2-5,9H,6H2,1H3,(H,14,16,17). The fourth-order valence-electron chi connectivity index (χ4n) is 2.78. The molecular weight excluding hydrogens is 234 g/mol. The number of ketones is 1. The van der Waals surface area contributed by atoms with Crippen LogP contribution in [0.1, 0.15) is 12.0 Å². The van der Waals surface area contributed by atoms with E-state index in [1.807, 2.05) is 0 Å². The maximum atomic E-state index is 11.9. The van der Waals surface area contributed by atoms with Gasteiger partial charge in [0.1, 0.15) is 11.2 Å². The Hall–Kier alpha value is -2.17. The number of carbonyl (C=O) groups excluding carboxylic acids is 3. The van der Waals surface area contributed by atoms with Gasteiger partial charge in [-0.05, 0) is 17.7 Å². The first-order chi connectivity index (χ1) is 8.60. The Morgan fingerprint density at radius 3 is 2.39 bits per heavy atom. The van der Waals surface area contributed by atoms with E-state index in [1.54, 1.807) is 24.3 Å². The number of nitrogens with one attached hydrogen (secondary N) is 1. The van der Waals surface area contributed by atoms with E-state index in [4.69, 9.17) is 4.74 Å². The molecule has 1 aromatic rings. The van der Waals surface area contributed by atoms with Crippen molar-refractivity contribution in [3.63, 3.8) is 0 Å². The van der Waals surface area contributed by atoms with Gasteiger partial charge in [0.05, 0.1) is 13.0 Å². The van der Waals surface area contributed by atoms with Crippen LogP contribution in [0.3, 0.4) is 0 Å². The first-order valence-electron chi connectivity index (χ1n) is 5.64. The van der Waals surface area contributed by atoms with E-state index in [9.17, 15) is 14.4 Å². The Morgan fingerprint density at radius 1 is 1.22 bits per heavy atom. The monoisotopic (exact) mass is 245 g/mol.